The molecule has 0 atom stereocenters. The number of aromatic nitrogens is 1. The Balaban J connectivity index is 2.45. The van der Waals surface area contributed by atoms with E-state index in [1.807, 2.05) is 20.8 Å². The zero-order valence-corrected chi connectivity index (χ0v) is 12.6. The van der Waals surface area contributed by atoms with E-state index in [0.29, 0.717) is 30.4 Å². The molecule has 1 aromatic rings. The summed E-state index contributed by atoms with van der Waals surface area (Å²) in [6, 6.07) is 1.76. The summed E-state index contributed by atoms with van der Waals surface area (Å²) >= 11 is 0. The van der Waals surface area contributed by atoms with Gasteiger partial charge in [-0.15, -0.1) is 0 Å². The number of hydrogen-bond donors (Lipinski definition) is 0. The number of pyridine rings is 1. The smallest absolute Gasteiger partial charge is 0.339 e. The highest BCUT2D eigenvalue weighted by Gasteiger charge is 2.29. The number of hydrogen-bond acceptors (Lipinski definition) is 5. The molecule has 0 aromatic carbocycles. The lowest BCUT2D eigenvalue weighted by Crippen LogP contribution is -2.17. The first-order valence-corrected chi connectivity index (χ1v) is 6.72. The SMILES string of the molecule is CCOC(=O)c1cc(C2=NC(C)(C)CO2)c(C)nc1C. The number of carbonyl (C=O) groups is 1. The largest absolute Gasteiger partial charge is 0.475 e. The van der Waals surface area contributed by atoms with Crippen LogP contribution in [-0.4, -0.2) is 35.6 Å². The molecular formula is C15H20N2O3. The van der Waals surface area contributed by atoms with Crippen molar-refractivity contribution < 1.29 is 14.3 Å². The molecule has 0 amide bonds. The van der Waals surface area contributed by atoms with Crippen LogP contribution in [0.1, 0.15) is 48.1 Å². The van der Waals surface area contributed by atoms with Gasteiger partial charge in [-0.25, -0.2) is 9.79 Å². The van der Waals surface area contributed by atoms with Gasteiger partial charge in [0.25, 0.3) is 0 Å². The molecule has 0 bridgehead atoms. The van der Waals surface area contributed by atoms with E-state index in [9.17, 15) is 4.79 Å². The average molecular weight is 276 g/mol. The molecule has 108 valence electrons. The Morgan fingerprint density at radius 2 is 2.10 bits per heavy atom. The topological polar surface area (TPSA) is 60.8 Å². The summed E-state index contributed by atoms with van der Waals surface area (Å²) in [5.74, 6) is 0.183. The molecule has 20 heavy (non-hydrogen) atoms. The van der Waals surface area contributed by atoms with Crippen LogP contribution >= 0.6 is 0 Å². The van der Waals surface area contributed by atoms with E-state index in [1.54, 1.807) is 19.9 Å². The third-order valence-corrected chi connectivity index (χ3v) is 3.10. The number of carbonyl (C=O) groups excluding carboxylic acids is 1. The lowest BCUT2D eigenvalue weighted by molar-refractivity contribution is 0.0525. The monoisotopic (exact) mass is 276 g/mol. The average Bonchev–Trinajstić information content (AvgIpc) is 2.69. The fourth-order valence-corrected chi connectivity index (χ4v) is 2.08. The Kier molecular flexibility index (Phi) is 3.79. The third kappa shape index (κ3) is 2.81. The van der Waals surface area contributed by atoms with Crippen molar-refractivity contribution in [1.82, 2.24) is 4.98 Å². The Labute approximate surface area is 119 Å². The van der Waals surface area contributed by atoms with Crippen LogP contribution < -0.4 is 0 Å². The maximum absolute atomic E-state index is 11.9. The standard InChI is InChI=1S/C15H20N2O3/c1-6-19-14(18)12-7-11(9(2)16-10(12)3)13-17-15(4,5)8-20-13/h7H,6,8H2,1-5H3. The fraction of sp³-hybridized carbons (Fsp3) is 0.533. The van der Waals surface area contributed by atoms with Gasteiger partial charge >= 0.3 is 5.97 Å². The van der Waals surface area contributed by atoms with Crippen molar-refractivity contribution >= 4 is 11.9 Å². The van der Waals surface area contributed by atoms with Crippen molar-refractivity contribution in [2.24, 2.45) is 4.99 Å². The van der Waals surface area contributed by atoms with E-state index >= 15 is 0 Å². The molecule has 0 N–H and O–H groups in total. The third-order valence-electron chi connectivity index (χ3n) is 3.10. The Hall–Kier alpha value is -1.91. The summed E-state index contributed by atoms with van der Waals surface area (Å²) in [7, 11) is 0. The van der Waals surface area contributed by atoms with Crippen molar-refractivity contribution in [3.8, 4) is 0 Å². The molecule has 0 unspecified atom stereocenters. The summed E-state index contributed by atoms with van der Waals surface area (Å²) < 4.78 is 10.7. The van der Waals surface area contributed by atoms with Crippen LogP contribution in [0.4, 0.5) is 0 Å². The molecule has 1 aliphatic heterocycles. The van der Waals surface area contributed by atoms with Gasteiger partial charge < -0.3 is 9.47 Å². The predicted octanol–water partition coefficient (Wildman–Crippen LogP) is 2.43. The number of nitrogens with zero attached hydrogens (tertiary/aromatic N) is 2. The Morgan fingerprint density at radius 1 is 1.40 bits per heavy atom. The predicted molar refractivity (Wildman–Crippen MR) is 76.2 cm³/mol. The van der Waals surface area contributed by atoms with Crippen LogP contribution in [-0.2, 0) is 9.47 Å². The molecule has 0 fully saturated rings. The number of aliphatic imine (C=N–C) groups is 1. The van der Waals surface area contributed by atoms with Crippen LogP contribution in [0.5, 0.6) is 0 Å². The van der Waals surface area contributed by atoms with Crippen LogP contribution in [0.2, 0.25) is 0 Å². The summed E-state index contributed by atoms with van der Waals surface area (Å²) in [5.41, 5.74) is 2.43. The van der Waals surface area contributed by atoms with Gasteiger partial charge in [-0.2, -0.15) is 0 Å². The molecule has 2 rings (SSSR count). The zero-order valence-electron chi connectivity index (χ0n) is 12.6. The number of ether oxygens (including phenoxy) is 2. The molecule has 0 aliphatic carbocycles. The van der Waals surface area contributed by atoms with Crippen LogP contribution in [0.25, 0.3) is 0 Å². The maximum Gasteiger partial charge on any atom is 0.339 e. The van der Waals surface area contributed by atoms with Gasteiger partial charge in [0.2, 0.25) is 5.90 Å². The number of rotatable bonds is 3. The highest BCUT2D eigenvalue weighted by molar-refractivity contribution is 5.99. The second-order valence-corrected chi connectivity index (χ2v) is 5.49. The van der Waals surface area contributed by atoms with Gasteiger partial charge in [0.1, 0.15) is 6.61 Å². The van der Waals surface area contributed by atoms with Crippen LogP contribution in [0, 0.1) is 13.8 Å². The maximum atomic E-state index is 11.9. The lowest BCUT2D eigenvalue weighted by Gasteiger charge is -2.10. The molecule has 0 spiro atoms. The van der Waals surface area contributed by atoms with Gasteiger partial charge in [-0.3, -0.25) is 4.98 Å². The van der Waals surface area contributed by atoms with Crippen molar-refractivity contribution in [2.75, 3.05) is 13.2 Å². The molecule has 5 nitrogen and oxygen atoms in total. The van der Waals surface area contributed by atoms with Crippen molar-refractivity contribution in [1.29, 1.82) is 0 Å². The molecular weight excluding hydrogens is 256 g/mol. The second kappa shape index (κ2) is 5.23. The molecule has 2 heterocycles. The Morgan fingerprint density at radius 3 is 2.65 bits per heavy atom. The minimum atomic E-state index is -0.364. The summed E-state index contributed by atoms with van der Waals surface area (Å²) in [5, 5.41) is 0. The number of esters is 1. The van der Waals surface area contributed by atoms with Gasteiger partial charge in [0.15, 0.2) is 0 Å². The number of aryl methyl sites for hydroxylation is 2. The van der Waals surface area contributed by atoms with E-state index < -0.39 is 0 Å². The quantitative estimate of drug-likeness (QED) is 0.795. The molecule has 1 aliphatic rings. The van der Waals surface area contributed by atoms with Crippen molar-refractivity contribution in [3.05, 3.63) is 28.6 Å². The van der Waals surface area contributed by atoms with Crippen molar-refractivity contribution in [2.45, 2.75) is 40.2 Å². The van der Waals surface area contributed by atoms with Gasteiger partial charge in [0, 0.05) is 0 Å². The minimum Gasteiger partial charge on any atom is -0.475 e. The van der Waals surface area contributed by atoms with E-state index in [1.165, 1.54) is 0 Å². The zero-order chi connectivity index (χ0) is 14.9. The van der Waals surface area contributed by atoms with Gasteiger partial charge in [-0.05, 0) is 40.7 Å². The molecule has 0 radical (unpaired) electrons. The van der Waals surface area contributed by atoms with Crippen molar-refractivity contribution in [3.63, 3.8) is 0 Å². The highest BCUT2D eigenvalue weighted by atomic mass is 16.5. The Bertz CT molecular complexity index is 577. The van der Waals surface area contributed by atoms with E-state index in [2.05, 4.69) is 9.98 Å². The first kappa shape index (κ1) is 14.5. The summed E-state index contributed by atoms with van der Waals surface area (Å²) in [4.78, 5) is 20.9. The summed E-state index contributed by atoms with van der Waals surface area (Å²) in [6.07, 6.45) is 0. The summed E-state index contributed by atoms with van der Waals surface area (Å²) in [6.45, 7) is 10.3. The van der Waals surface area contributed by atoms with Gasteiger partial charge in [-0.1, -0.05) is 0 Å². The molecule has 5 heteroatoms. The van der Waals surface area contributed by atoms with E-state index in [0.717, 1.165) is 11.3 Å². The van der Waals surface area contributed by atoms with E-state index in [4.69, 9.17) is 9.47 Å². The molecule has 0 saturated carbocycles. The molecule has 0 saturated heterocycles. The minimum absolute atomic E-state index is 0.239. The normalized spacial score (nSPS) is 16.6. The van der Waals surface area contributed by atoms with Gasteiger partial charge in [0.05, 0.1) is 34.7 Å². The van der Waals surface area contributed by atoms with E-state index in [-0.39, 0.29) is 11.5 Å². The lowest BCUT2D eigenvalue weighted by atomic mass is 10.1. The van der Waals surface area contributed by atoms with Crippen LogP contribution in [0.3, 0.4) is 0 Å². The van der Waals surface area contributed by atoms with Crippen LogP contribution in [0.15, 0.2) is 11.1 Å². The first-order valence-electron chi connectivity index (χ1n) is 6.72. The first-order chi connectivity index (χ1) is 9.34. The second-order valence-electron chi connectivity index (χ2n) is 5.49. The highest BCUT2D eigenvalue weighted by Crippen LogP contribution is 2.23. The fourth-order valence-electron chi connectivity index (χ4n) is 2.08. The molecule has 1 aromatic heterocycles.